The maximum atomic E-state index is 10.4. The lowest BCUT2D eigenvalue weighted by atomic mass is 9.80. The lowest BCUT2D eigenvalue weighted by Gasteiger charge is -2.31. The largest absolute Gasteiger partial charge is 0.388 e. The van der Waals surface area contributed by atoms with Crippen LogP contribution in [0, 0.1) is 5.92 Å². The highest BCUT2D eigenvalue weighted by atomic mass is 16.5. The van der Waals surface area contributed by atoms with Crippen molar-refractivity contribution in [3.8, 4) is 0 Å². The highest BCUT2D eigenvalue weighted by Gasteiger charge is 2.27. The van der Waals surface area contributed by atoms with E-state index in [1.807, 2.05) is 6.07 Å². The zero-order valence-corrected chi connectivity index (χ0v) is 11.6. The van der Waals surface area contributed by atoms with Crippen LogP contribution in [0.2, 0.25) is 0 Å². The molecule has 2 unspecified atom stereocenters. The minimum atomic E-state index is -0.321. The molecule has 0 heterocycles. The van der Waals surface area contributed by atoms with E-state index in [1.54, 1.807) is 0 Å². The summed E-state index contributed by atoms with van der Waals surface area (Å²) in [6, 6.07) is 8.24. The van der Waals surface area contributed by atoms with Gasteiger partial charge in [0.05, 0.1) is 11.7 Å². The van der Waals surface area contributed by atoms with Crippen LogP contribution in [0.15, 0.2) is 24.3 Å². The van der Waals surface area contributed by atoms with Crippen molar-refractivity contribution in [3.05, 3.63) is 35.4 Å². The molecule has 0 aromatic heterocycles. The molecule has 1 aliphatic carbocycles. The van der Waals surface area contributed by atoms with Gasteiger partial charge in [-0.2, -0.15) is 0 Å². The molecule has 2 heteroatoms. The Labute approximate surface area is 110 Å². The molecule has 2 nitrogen and oxygen atoms in total. The third kappa shape index (κ3) is 3.33. The van der Waals surface area contributed by atoms with Crippen LogP contribution < -0.4 is 0 Å². The van der Waals surface area contributed by atoms with Crippen LogP contribution in [-0.4, -0.2) is 17.3 Å². The normalized spacial score (nSPS) is 23.8. The minimum Gasteiger partial charge on any atom is -0.388 e. The molecule has 0 bridgehead atoms. The molecule has 18 heavy (non-hydrogen) atoms. The van der Waals surface area contributed by atoms with Crippen molar-refractivity contribution < 1.29 is 9.84 Å². The van der Waals surface area contributed by atoms with Gasteiger partial charge in [-0.05, 0) is 57.1 Å². The number of rotatable bonds is 3. The quantitative estimate of drug-likeness (QED) is 0.887. The average molecular weight is 248 g/mol. The van der Waals surface area contributed by atoms with Crippen LogP contribution in [-0.2, 0) is 11.2 Å². The molecular weight excluding hydrogens is 224 g/mol. The molecule has 0 fully saturated rings. The molecule has 0 spiro atoms. The molecule has 2 rings (SSSR count). The summed E-state index contributed by atoms with van der Waals surface area (Å²) >= 11 is 0. The van der Waals surface area contributed by atoms with Crippen molar-refractivity contribution in [1.82, 2.24) is 0 Å². The highest BCUT2D eigenvalue weighted by molar-refractivity contribution is 5.31. The first kappa shape index (κ1) is 13.6. The molecule has 2 atom stereocenters. The number of aryl methyl sites for hydroxylation is 1. The van der Waals surface area contributed by atoms with Gasteiger partial charge < -0.3 is 9.84 Å². The van der Waals surface area contributed by atoms with E-state index in [0.717, 1.165) is 31.4 Å². The highest BCUT2D eigenvalue weighted by Crippen LogP contribution is 2.36. The Balaban J connectivity index is 1.93. The molecule has 0 saturated carbocycles. The average Bonchev–Trinajstić information content (AvgIpc) is 2.31. The predicted molar refractivity (Wildman–Crippen MR) is 73.5 cm³/mol. The summed E-state index contributed by atoms with van der Waals surface area (Å²) in [5, 5.41) is 10.4. The molecule has 1 aromatic rings. The first-order chi connectivity index (χ1) is 8.47. The summed E-state index contributed by atoms with van der Waals surface area (Å²) in [4.78, 5) is 0. The molecule has 0 amide bonds. The van der Waals surface area contributed by atoms with E-state index in [9.17, 15) is 5.11 Å². The van der Waals surface area contributed by atoms with Gasteiger partial charge in [0, 0.05) is 6.61 Å². The number of fused-ring (bicyclic) bond motifs is 1. The fraction of sp³-hybridized carbons (Fsp3) is 0.625. The van der Waals surface area contributed by atoms with E-state index in [2.05, 4.69) is 39.0 Å². The SMILES string of the molecule is CC(C)(C)OCCC1CCc2ccccc2C1O. The molecule has 100 valence electrons. The fourth-order valence-corrected chi connectivity index (χ4v) is 2.62. The van der Waals surface area contributed by atoms with E-state index in [-0.39, 0.29) is 11.7 Å². The van der Waals surface area contributed by atoms with Gasteiger partial charge in [-0.3, -0.25) is 0 Å². The van der Waals surface area contributed by atoms with Crippen LogP contribution in [0.5, 0.6) is 0 Å². The third-order valence-electron chi connectivity index (χ3n) is 3.63. The number of aliphatic hydroxyl groups excluding tert-OH is 1. The second kappa shape index (κ2) is 5.41. The summed E-state index contributed by atoms with van der Waals surface area (Å²) in [6.45, 7) is 6.94. The van der Waals surface area contributed by atoms with Gasteiger partial charge >= 0.3 is 0 Å². The monoisotopic (exact) mass is 248 g/mol. The summed E-state index contributed by atoms with van der Waals surface area (Å²) < 4.78 is 5.76. The Morgan fingerprint density at radius 3 is 2.72 bits per heavy atom. The molecule has 0 aliphatic heterocycles. The number of hydrogen-bond donors (Lipinski definition) is 1. The second-order valence-electron chi connectivity index (χ2n) is 6.19. The van der Waals surface area contributed by atoms with Crippen molar-refractivity contribution in [2.75, 3.05) is 6.61 Å². The van der Waals surface area contributed by atoms with Crippen molar-refractivity contribution in [1.29, 1.82) is 0 Å². The summed E-state index contributed by atoms with van der Waals surface area (Å²) in [5.74, 6) is 0.335. The van der Waals surface area contributed by atoms with E-state index >= 15 is 0 Å². The number of benzene rings is 1. The number of aliphatic hydroxyl groups is 1. The van der Waals surface area contributed by atoms with Crippen LogP contribution in [0.1, 0.15) is 50.8 Å². The molecule has 0 radical (unpaired) electrons. The zero-order chi connectivity index (χ0) is 13.2. The van der Waals surface area contributed by atoms with Crippen molar-refractivity contribution in [2.45, 2.75) is 51.7 Å². The van der Waals surface area contributed by atoms with Crippen molar-refractivity contribution in [3.63, 3.8) is 0 Å². The van der Waals surface area contributed by atoms with Crippen LogP contribution >= 0.6 is 0 Å². The molecule has 0 saturated heterocycles. The maximum absolute atomic E-state index is 10.4. The van der Waals surface area contributed by atoms with Crippen LogP contribution in [0.3, 0.4) is 0 Å². The van der Waals surface area contributed by atoms with Gasteiger partial charge in [-0.15, -0.1) is 0 Å². The Morgan fingerprint density at radius 2 is 2.00 bits per heavy atom. The Bertz CT molecular complexity index is 392. The lowest BCUT2D eigenvalue weighted by Crippen LogP contribution is -2.25. The van der Waals surface area contributed by atoms with Crippen molar-refractivity contribution >= 4 is 0 Å². The second-order valence-corrected chi connectivity index (χ2v) is 6.19. The number of ether oxygens (including phenoxy) is 1. The van der Waals surface area contributed by atoms with Gasteiger partial charge in [0.15, 0.2) is 0 Å². The van der Waals surface area contributed by atoms with E-state index in [1.165, 1.54) is 5.56 Å². The van der Waals surface area contributed by atoms with E-state index in [0.29, 0.717) is 5.92 Å². The summed E-state index contributed by atoms with van der Waals surface area (Å²) in [7, 11) is 0. The van der Waals surface area contributed by atoms with Gasteiger partial charge in [-0.25, -0.2) is 0 Å². The Morgan fingerprint density at radius 1 is 1.28 bits per heavy atom. The Kier molecular flexibility index (Phi) is 4.08. The molecule has 1 aromatic carbocycles. The molecular formula is C16H24O2. The third-order valence-corrected chi connectivity index (χ3v) is 3.63. The van der Waals surface area contributed by atoms with Gasteiger partial charge in [-0.1, -0.05) is 24.3 Å². The fourth-order valence-electron chi connectivity index (χ4n) is 2.62. The molecule has 1 N–H and O–H groups in total. The summed E-state index contributed by atoms with van der Waals surface area (Å²) in [5.41, 5.74) is 2.33. The zero-order valence-electron chi connectivity index (χ0n) is 11.6. The topological polar surface area (TPSA) is 29.5 Å². The number of hydrogen-bond acceptors (Lipinski definition) is 2. The predicted octanol–water partition coefficient (Wildman–Crippen LogP) is 3.49. The maximum Gasteiger partial charge on any atom is 0.0821 e. The smallest absolute Gasteiger partial charge is 0.0821 e. The van der Waals surface area contributed by atoms with Gasteiger partial charge in [0.25, 0.3) is 0 Å². The lowest BCUT2D eigenvalue weighted by molar-refractivity contribution is -0.0215. The minimum absolute atomic E-state index is 0.0858. The van der Waals surface area contributed by atoms with E-state index in [4.69, 9.17) is 4.74 Å². The van der Waals surface area contributed by atoms with Crippen molar-refractivity contribution in [2.24, 2.45) is 5.92 Å². The standard InChI is InChI=1S/C16H24O2/c1-16(2,3)18-11-10-13-9-8-12-6-4-5-7-14(12)15(13)17/h4-7,13,15,17H,8-11H2,1-3H3. The van der Waals surface area contributed by atoms with Crippen LogP contribution in [0.4, 0.5) is 0 Å². The first-order valence-corrected chi connectivity index (χ1v) is 6.87. The Hall–Kier alpha value is -0.860. The van der Waals surface area contributed by atoms with Gasteiger partial charge in [0.2, 0.25) is 0 Å². The van der Waals surface area contributed by atoms with Gasteiger partial charge in [0.1, 0.15) is 0 Å². The van der Waals surface area contributed by atoms with E-state index < -0.39 is 0 Å². The summed E-state index contributed by atoms with van der Waals surface area (Å²) in [6.07, 6.45) is 2.75. The molecule has 1 aliphatic rings. The first-order valence-electron chi connectivity index (χ1n) is 6.87. The van der Waals surface area contributed by atoms with Crippen LogP contribution in [0.25, 0.3) is 0 Å².